The minimum absolute atomic E-state index is 0.0241. The highest BCUT2D eigenvalue weighted by Gasteiger charge is 2.24. The summed E-state index contributed by atoms with van der Waals surface area (Å²) in [6.45, 7) is 1.50. The molecule has 0 aliphatic carbocycles. The first-order valence-electron chi connectivity index (χ1n) is 6.63. The van der Waals surface area contributed by atoms with E-state index in [2.05, 4.69) is 20.2 Å². The summed E-state index contributed by atoms with van der Waals surface area (Å²) in [4.78, 5) is 30.2. The normalized spacial score (nSPS) is 18.7. The van der Waals surface area contributed by atoms with Gasteiger partial charge < -0.3 is 4.90 Å². The van der Waals surface area contributed by atoms with E-state index in [9.17, 15) is 14.9 Å². The molecular formula is C12H14N6O3. The van der Waals surface area contributed by atoms with E-state index in [0.717, 1.165) is 19.4 Å². The van der Waals surface area contributed by atoms with Gasteiger partial charge in [-0.15, -0.1) is 0 Å². The summed E-state index contributed by atoms with van der Waals surface area (Å²) >= 11 is 0. The molecule has 3 heterocycles. The SMILES string of the molecule is O=c1[nH]nc(C2CCCN(c3ccc([N+](=O)[O-])cn3)C2)[nH]1. The molecule has 1 unspecified atom stereocenters. The number of hydrogen-bond donors (Lipinski definition) is 2. The van der Waals surface area contributed by atoms with Gasteiger partial charge in [0.1, 0.15) is 17.8 Å². The highest BCUT2D eigenvalue weighted by atomic mass is 16.6. The van der Waals surface area contributed by atoms with Gasteiger partial charge in [-0.3, -0.25) is 15.1 Å². The van der Waals surface area contributed by atoms with Crippen LogP contribution in [0, 0.1) is 10.1 Å². The molecule has 3 rings (SSSR count). The third kappa shape index (κ3) is 2.76. The number of H-pyrrole nitrogens is 2. The maximum absolute atomic E-state index is 11.1. The lowest BCUT2D eigenvalue weighted by atomic mass is 9.97. The number of aromatic amines is 2. The molecular weight excluding hydrogens is 276 g/mol. The first-order valence-corrected chi connectivity index (χ1v) is 6.63. The predicted molar refractivity (Wildman–Crippen MR) is 74.3 cm³/mol. The van der Waals surface area contributed by atoms with Crippen molar-refractivity contribution in [2.24, 2.45) is 0 Å². The minimum atomic E-state index is -0.468. The average molecular weight is 290 g/mol. The third-order valence-corrected chi connectivity index (χ3v) is 3.59. The van der Waals surface area contributed by atoms with Crippen molar-refractivity contribution in [1.29, 1.82) is 0 Å². The second kappa shape index (κ2) is 5.35. The van der Waals surface area contributed by atoms with Crippen LogP contribution >= 0.6 is 0 Å². The molecule has 0 bridgehead atoms. The van der Waals surface area contributed by atoms with E-state index in [1.165, 1.54) is 12.3 Å². The molecule has 9 nitrogen and oxygen atoms in total. The molecule has 21 heavy (non-hydrogen) atoms. The summed E-state index contributed by atoms with van der Waals surface area (Å²) in [7, 11) is 0. The molecule has 1 fully saturated rings. The van der Waals surface area contributed by atoms with Crippen LogP contribution in [0.25, 0.3) is 0 Å². The van der Waals surface area contributed by atoms with E-state index in [4.69, 9.17) is 0 Å². The van der Waals surface area contributed by atoms with Crippen LogP contribution in [-0.4, -0.2) is 38.2 Å². The van der Waals surface area contributed by atoms with Gasteiger partial charge in [-0.2, -0.15) is 5.10 Å². The summed E-state index contributed by atoms with van der Waals surface area (Å²) in [6, 6.07) is 3.09. The van der Waals surface area contributed by atoms with Crippen molar-refractivity contribution in [3.8, 4) is 0 Å². The fourth-order valence-electron chi connectivity index (χ4n) is 2.56. The molecule has 1 saturated heterocycles. The maximum Gasteiger partial charge on any atom is 0.340 e. The van der Waals surface area contributed by atoms with E-state index >= 15 is 0 Å². The van der Waals surface area contributed by atoms with E-state index < -0.39 is 4.92 Å². The summed E-state index contributed by atoms with van der Waals surface area (Å²) in [5.41, 5.74) is -0.334. The zero-order valence-corrected chi connectivity index (χ0v) is 11.2. The fraction of sp³-hybridized carbons (Fsp3) is 0.417. The van der Waals surface area contributed by atoms with Crippen molar-refractivity contribution in [3.05, 3.63) is 44.8 Å². The number of nitrogens with one attached hydrogen (secondary N) is 2. The molecule has 9 heteroatoms. The molecule has 2 aromatic rings. The topological polar surface area (TPSA) is 121 Å². The Hall–Kier alpha value is -2.71. The van der Waals surface area contributed by atoms with Crippen molar-refractivity contribution < 1.29 is 4.92 Å². The summed E-state index contributed by atoms with van der Waals surface area (Å²) < 4.78 is 0. The van der Waals surface area contributed by atoms with Crippen LogP contribution in [0.3, 0.4) is 0 Å². The van der Waals surface area contributed by atoms with Gasteiger partial charge in [0.05, 0.1) is 4.92 Å². The first-order chi connectivity index (χ1) is 10.1. The highest BCUT2D eigenvalue weighted by molar-refractivity contribution is 5.43. The maximum atomic E-state index is 11.1. The molecule has 2 N–H and O–H groups in total. The van der Waals surface area contributed by atoms with Crippen LogP contribution in [0.5, 0.6) is 0 Å². The van der Waals surface area contributed by atoms with Gasteiger partial charge in [-0.05, 0) is 18.9 Å². The minimum Gasteiger partial charge on any atom is -0.356 e. The zero-order valence-electron chi connectivity index (χ0n) is 11.2. The number of nitrogens with zero attached hydrogens (tertiary/aromatic N) is 4. The van der Waals surface area contributed by atoms with Crippen LogP contribution in [0.1, 0.15) is 24.6 Å². The van der Waals surface area contributed by atoms with Gasteiger partial charge in [0.15, 0.2) is 0 Å². The highest BCUT2D eigenvalue weighted by Crippen LogP contribution is 2.27. The molecule has 1 aliphatic heterocycles. The Labute approximate surface area is 119 Å². The molecule has 0 saturated carbocycles. The van der Waals surface area contributed by atoms with Gasteiger partial charge in [-0.25, -0.2) is 14.9 Å². The van der Waals surface area contributed by atoms with Crippen LogP contribution in [-0.2, 0) is 0 Å². The number of anilines is 1. The van der Waals surface area contributed by atoms with Gasteiger partial charge in [0, 0.05) is 25.1 Å². The fourth-order valence-corrected chi connectivity index (χ4v) is 2.56. The monoisotopic (exact) mass is 290 g/mol. The van der Waals surface area contributed by atoms with Crippen LogP contribution in [0.4, 0.5) is 11.5 Å². The second-order valence-electron chi connectivity index (χ2n) is 4.98. The number of nitro groups is 1. The second-order valence-corrected chi connectivity index (χ2v) is 4.98. The number of rotatable bonds is 3. The van der Waals surface area contributed by atoms with Crippen molar-refractivity contribution in [2.75, 3.05) is 18.0 Å². The van der Waals surface area contributed by atoms with Gasteiger partial charge in [0.25, 0.3) is 5.69 Å². The Bertz CT molecular complexity index is 692. The number of aromatic nitrogens is 4. The molecule has 110 valence electrons. The third-order valence-electron chi connectivity index (χ3n) is 3.59. The lowest BCUT2D eigenvalue weighted by Gasteiger charge is -2.32. The quantitative estimate of drug-likeness (QED) is 0.636. The molecule has 0 spiro atoms. The number of piperidine rings is 1. The van der Waals surface area contributed by atoms with E-state index in [0.29, 0.717) is 18.2 Å². The van der Waals surface area contributed by atoms with E-state index in [1.54, 1.807) is 6.07 Å². The van der Waals surface area contributed by atoms with E-state index in [-0.39, 0.29) is 17.3 Å². The Balaban J connectivity index is 1.76. The van der Waals surface area contributed by atoms with Crippen molar-refractivity contribution in [1.82, 2.24) is 20.2 Å². The van der Waals surface area contributed by atoms with Gasteiger partial charge >= 0.3 is 5.69 Å². The lowest BCUT2D eigenvalue weighted by molar-refractivity contribution is -0.385. The molecule has 1 atom stereocenters. The Morgan fingerprint density at radius 1 is 1.43 bits per heavy atom. The van der Waals surface area contributed by atoms with Crippen LogP contribution in [0.15, 0.2) is 23.1 Å². The van der Waals surface area contributed by atoms with Gasteiger partial charge in [-0.1, -0.05) is 0 Å². The van der Waals surface area contributed by atoms with Crippen LogP contribution < -0.4 is 10.6 Å². The Morgan fingerprint density at radius 3 is 2.90 bits per heavy atom. The van der Waals surface area contributed by atoms with Crippen molar-refractivity contribution in [3.63, 3.8) is 0 Å². The summed E-state index contributed by atoms with van der Waals surface area (Å²) in [6.07, 6.45) is 3.14. The lowest BCUT2D eigenvalue weighted by Crippen LogP contribution is -2.35. The standard InChI is InChI=1S/C12H14N6O3/c19-12-14-11(15-16-12)8-2-1-5-17(7-8)10-4-3-9(6-13-10)18(20)21/h3-4,6,8H,1-2,5,7H2,(H2,14,15,16,19). The van der Waals surface area contributed by atoms with E-state index in [1.807, 2.05) is 4.90 Å². The molecule has 0 amide bonds. The zero-order chi connectivity index (χ0) is 14.8. The Morgan fingerprint density at radius 2 is 2.29 bits per heavy atom. The van der Waals surface area contributed by atoms with Gasteiger partial charge in [0.2, 0.25) is 0 Å². The number of pyridine rings is 1. The largest absolute Gasteiger partial charge is 0.356 e. The van der Waals surface area contributed by atoms with Crippen LogP contribution in [0.2, 0.25) is 0 Å². The molecule has 1 aliphatic rings. The molecule has 2 aromatic heterocycles. The predicted octanol–water partition coefficient (Wildman–Crippen LogP) is 0.785. The summed E-state index contributed by atoms with van der Waals surface area (Å²) in [5.74, 6) is 1.46. The smallest absolute Gasteiger partial charge is 0.340 e. The van der Waals surface area contributed by atoms with Crippen molar-refractivity contribution in [2.45, 2.75) is 18.8 Å². The average Bonchev–Trinajstić information content (AvgIpc) is 2.94. The van der Waals surface area contributed by atoms with Crippen molar-refractivity contribution >= 4 is 11.5 Å². The molecule has 0 aromatic carbocycles. The first kappa shape index (κ1) is 13.3. The Kier molecular flexibility index (Phi) is 3.38. The summed E-state index contributed by atoms with van der Waals surface area (Å²) in [5, 5.41) is 17.0. The molecule has 0 radical (unpaired) electrons. The number of hydrogen-bond acceptors (Lipinski definition) is 6.